The van der Waals surface area contributed by atoms with Crippen molar-refractivity contribution in [1.29, 1.82) is 0 Å². The largest absolute Gasteiger partial charge is 0.497 e. The molecule has 2 aromatic rings. The van der Waals surface area contributed by atoms with Crippen LogP contribution in [-0.2, 0) is 17.3 Å². The molecule has 3 atom stereocenters. The van der Waals surface area contributed by atoms with Gasteiger partial charge in [0.25, 0.3) is 0 Å². The normalized spacial score (nSPS) is 32.2. The van der Waals surface area contributed by atoms with Gasteiger partial charge in [0.2, 0.25) is 0 Å². The minimum atomic E-state index is 0.408. The molecule has 2 saturated carbocycles. The number of piperidine rings is 1. The van der Waals surface area contributed by atoms with Crippen LogP contribution < -0.4 is 4.74 Å². The van der Waals surface area contributed by atoms with E-state index < -0.39 is 0 Å². The molecule has 0 amide bonds. The maximum absolute atomic E-state index is 5.63. The number of likely N-dealkylation sites (tertiary alicyclic amines) is 1. The lowest BCUT2D eigenvalue weighted by Gasteiger charge is -2.59. The second-order valence-electron chi connectivity index (χ2n) is 10.2. The van der Waals surface area contributed by atoms with E-state index in [1.807, 2.05) is 7.11 Å². The van der Waals surface area contributed by atoms with Gasteiger partial charge in [0.15, 0.2) is 0 Å². The Balaban J connectivity index is 1.35. The summed E-state index contributed by atoms with van der Waals surface area (Å²) < 4.78 is 5.63. The average molecular weight is 388 g/mol. The predicted octanol–water partition coefficient (Wildman–Crippen LogP) is 5.49. The van der Waals surface area contributed by atoms with Gasteiger partial charge >= 0.3 is 0 Å². The molecule has 4 aliphatic rings. The first-order chi connectivity index (χ1) is 14.2. The van der Waals surface area contributed by atoms with E-state index in [1.165, 1.54) is 64.5 Å². The number of hydrogen-bond donors (Lipinski definition) is 0. The van der Waals surface area contributed by atoms with Gasteiger partial charge in [-0.2, -0.15) is 0 Å². The third-order valence-electron chi connectivity index (χ3n) is 8.90. The zero-order valence-electron chi connectivity index (χ0n) is 17.7. The van der Waals surface area contributed by atoms with Gasteiger partial charge < -0.3 is 4.74 Å². The summed E-state index contributed by atoms with van der Waals surface area (Å²) in [5, 5.41) is 0. The van der Waals surface area contributed by atoms with Gasteiger partial charge in [-0.3, -0.25) is 4.90 Å². The number of methoxy groups -OCH3 is 1. The van der Waals surface area contributed by atoms with Gasteiger partial charge in [0, 0.05) is 23.4 Å². The lowest BCUT2D eigenvalue weighted by molar-refractivity contribution is -0.0157. The van der Waals surface area contributed by atoms with Crippen molar-refractivity contribution < 1.29 is 4.74 Å². The Labute approximate surface area is 175 Å². The fourth-order valence-corrected chi connectivity index (χ4v) is 7.26. The number of fused-ring (bicyclic) bond motifs is 1. The molecule has 0 radical (unpaired) electrons. The van der Waals surface area contributed by atoms with E-state index in [4.69, 9.17) is 4.74 Å². The third kappa shape index (κ3) is 2.71. The molecule has 2 heteroatoms. The Bertz CT molecular complexity index is 902. The van der Waals surface area contributed by atoms with Gasteiger partial charge in [-0.05, 0) is 79.8 Å². The molecular weight excluding hydrogens is 354 g/mol. The standard InChI is InChI=1S/C27H33NO/c1-29-22-11-10-20-17-25-23-9-5-6-12-27(23,24(20)18-22)15-16-28(25)19-26(13-14-26)21-7-3-2-4-8-21/h2-4,7-8,10-11,18,23,25H,5-6,9,12-17,19H2,1H3/t23-,25-,27+/m1/s1. The highest BCUT2D eigenvalue weighted by Gasteiger charge is 2.56. The van der Waals surface area contributed by atoms with Crippen LogP contribution in [0.3, 0.4) is 0 Å². The van der Waals surface area contributed by atoms with Crippen molar-refractivity contribution in [2.24, 2.45) is 5.92 Å². The van der Waals surface area contributed by atoms with Crippen molar-refractivity contribution in [2.75, 3.05) is 20.2 Å². The number of benzene rings is 2. The molecule has 1 aliphatic heterocycles. The first-order valence-electron chi connectivity index (χ1n) is 11.7. The molecule has 3 fully saturated rings. The molecule has 2 aromatic carbocycles. The highest BCUT2D eigenvalue weighted by molar-refractivity contribution is 5.46. The summed E-state index contributed by atoms with van der Waals surface area (Å²) in [6, 6.07) is 19.0. The number of hydrogen-bond acceptors (Lipinski definition) is 2. The molecule has 0 unspecified atom stereocenters. The Morgan fingerprint density at radius 3 is 2.66 bits per heavy atom. The molecule has 29 heavy (non-hydrogen) atoms. The SMILES string of the molecule is COc1ccc2c(c1)[C@]13CCCC[C@@H]1[C@@H](C2)N(CC1(c2ccccc2)CC1)CC3. The minimum Gasteiger partial charge on any atom is -0.497 e. The molecule has 2 nitrogen and oxygen atoms in total. The second kappa shape index (κ2) is 6.60. The zero-order chi connectivity index (χ0) is 19.5. The lowest BCUT2D eigenvalue weighted by atomic mass is 9.52. The Hall–Kier alpha value is -1.80. The lowest BCUT2D eigenvalue weighted by Crippen LogP contribution is -2.61. The molecule has 0 aromatic heterocycles. The van der Waals surface area contributed by atoms with Gasteiger partial charge in [-0.1, -0.05) is 49.2 Å². The Morgan fingerprint density at radius 2 is 1.86 bits per heavy atom. The summed E-state index contributed by atoms with van der Waals surface area (Å²) in [5.74, 6) is 1.88. The maximum Gasteiger partial charge on any atom is 0.119 e. The first-order valence-corrected chi connectivity index (χ1v) is 11.7. The van der Waals surface area contributed by atoms with Gasteiger partial charge in [0.05, 0.1) is 7.11 Å². The van der Waals surface area contributed by atoms with Crippen LogP contribution in [0.25, 0.3) is 0 Å². The first kappa shape index (κ1) is 18.0. The third-order valence-corrected chi connectivity index (χ3v) is 8.90. The van der Waals surface area contributed by atoms with Gasteiger partial charge in [0.1, 0.15) is 5.75 Å². The van der Waals surface area contributed by atoms with E-state index in [1.54, 1.807) is 16.7 Å². The number of nitrogens with zero attached hydrogens (tertiary/aromatic N) is 1. The van der Waals surface area contributed by atoms with Gasteiger partial charge in [-0.25, -0.2) is 0 Å². The molecule has 3 aliphatic carbocycles. The van der Waals surface area contributed by atoms with E-state index in [0.717, 1.165) is 17.7 Å². The van der Waals surface area contributed by atoms with E-state index in [0.29, 0.717) is 10.8 Å². The maximum atomic E-state index is 5.63. The minimum absolute atomic E-state index is 0.408. The summed E-state index contributed by atoms with van der Waals surface area (Å²) in [7, 11) is 1.81. The molecule has 2 bridgehead atoms. The van der Waals surface area contributed by atoms with E-state index in [-0.39, 0.29) is 0 Å². The summed E-state index contributed by atoms with van der Waals surface area (Å²) in [6.07, 6.45) is 10.9. The zero-order valence-corrected chi connectivity index (χ0v) is 17.7. The van der Waals surface area contributed by atoms with Crippen molar-refractivity contribution in [3.8, 4) is 5.75 Å². The summed E-state index contributed by atoms with van der Waals surface area (Å²) in [4.78, 5) is 2.92. The molecule has 1 heterocycles. The van der Waals surface area contributed by atoms with Crippen molar-refractivity contribution in [1.82, 2.24) is 4.90 Å². The van der Waals surface area contributed by atoms with Crippen LogP contribution in [0.15, 0.2) is 48.5 Å². The highest BCUT2D eigenvalue weighted by atomic mass is 16.5. The molecule has 0 N–H and O–H groups in total. The fraction of sp³-hybridized carbons (Fsp3) is 0.556. The number of ether oxygens (including phenoxy) is 1. The summed E-state index contributed by atoms with van der Waals surface area (Å²) >= 11 is 0. The molecule has 0 spiro atoms. The van der Waals surface area contributed by atoms with Crippen molar-refractivity contribution >= 4 is 0 Å². The quantitative estimate of drug-likeness (QED) is 0.688. The van der Waals surface area contributed by atoms with E-state index in [9.17, 15) is 0 Å². The van der Waals surface area contributed by atoms with Crippen LogP contribution in [0, 0.1) is 5.92 Å². The summed E-state index contributed by atoms with van der Waals surface area (Å²) in [6.45, 7) is 2.53. The molecule has 152 valence electrons. The van der Waals surface area contributed by atoms with Crippen LogP contribution in [0.5, 0.6) is 5.75 Å². The predicted molar refractivity (Wildman–Crippen MR) is 118 cm³/mol. The van der Waals surface area contributed by atoms with Crippen molar-refractivity contribution in [3.63, 3.8) is 0 Å². The Morgan fingerprint density at radius 1 is 1.00 bits per heavy atom. The van der Waals surface area contributed by atoms with Crippen LogP contribution in [0.4, 0.5) is 0 Å². The van der Waals surface area contributed by atoms with Crippen LogP contribution in [0.1, 0.15) is 61.6 Å². The van der Waals surface area contributed by atoms with Crippen molar-refractivity contribution in [3.05, 3.63) is 65.2 Å². The van der Waals surface area contributed by atoms with Crippen molar-refractivity contribution in [2.45, 2.75) is 68.2 Å². The van der Waals surface area contributed by atoms with E-state index in [2.05, 4.69) is 53.4 Å². The monoisotopic (exact) mass is 387 g/mol. The average Bonchev–Trinajstić information content (AvgIpc) is 3.57. The second-order valence-corrected chi connectivity index (χ2v) is 10.2. The molecular formula is C27H33NO. The molecule has 6 rings (SSSR count). The fourth-order valence-electron chi connectivity index (χ4n) is 7.26. The topological polar surface area (TPSA) is 12.5 Å². The van der Waals surface area contributed by atoms with Crippen LogP contribution in [-0.4, -0.2) is 31.1 Å². The smallest absolute Gasteiger partial charge is 0.119 e. The van der Waals surface area contributed by atoms with Gasteiger partial charge in [-0.15, -0.1) is 0 Å². The highest BCUT2D eigenvalue weighted by Crippen LogP contribution is 2.58. The van der Waals surface area contributed by atoms with E-state index >= 15 is 0 Å². The Kier molecular flexibility index (Phi) is 4.10. The van der Waals surface area contributed by atoms with Crippen LogP contribution in [0.2, 0.25) is 0 Å². The number of rotatable bonds is 4. The van der Waals surface area contributed by atoms with Crippen LogP contribution >= 0.6 is 0 Å². The summed E-state index contributed by atoms with van der Waals surface area (Å²) in [5.41, 5.74) is 5.65. The molecule has 1 saturated heterocycles.